The van der Waals surface area contributed by atoms with Gasteiger partial charge in [-0.15, -0.1) is 13.2 Å². The number of hydrogen-bond acceptors (Lipinski definition) is 4. The first-order chi connectivity index (χ1) is 11.5. The predicted molar refractivity (Wildman–Crippen MR) is 82.9 cm³/mol. The van der Waals surface area contributed by atoms with Crippen molar-refractivity contribution in [2.45, 2.75) is 12.8 Å². The Kier molecular flexibility index (Phi) is 5.90. The molecule has 2 aromatic carbocycles. The lowest BCUT2D eigenvalue weighted by Gasteiger charge is -2.14. The van der Waals surface area contributed by atoms with Gasteiger partial charge < -0.3 is 14.8 Å². The van der Waals surface area contributed by atoms with Gasteiger partial charge in [-0.25, -0.2) is 0 Å². The average molecular weight is 336 g/mol. The summed E-state index contributed by atoms with van der Waals surface area (Å²) in [7, 11) is 0. The highest BCUT2D eigenvalue weighted by Crippen LogP contribution is 2.29. The number of halogens is 3. The number of benzene rings is 2. The molecule has 0 radical (unpaired) electrons. The van der Waals surface area contributed by atoms with E-state index in [2.05, 4.69) is 10.1 Å². The molecule has 126 valence electrons. The zero-order chi connectivity index (χ0) is 17.4. The van der Waals surface area contributed by atoms with Crippen LogP contribution in [0.4, 0.5) is 18.9 Å². The van der Waals surface area contributed by atoms with Crippen molar-refractivity contribution in [3.8, 4) is 17.6 Å². The van der Waals surface area contributed by atoms with Gasteiger partial charge in [-0.1, -0.05) is 12.1 Å². The van der Waals surface area contributed by atoms with Gasteiger partial charge >= 0.3 is 6.36 Å². The smallest absolute Gasteiger partial charge is 0.494 e. The first-order valence-corrected chi connectivity index (χ1v) is 7.19. The number of alkyl halides is 3. The number of nitriles is 1. The lowest BCUT2D eigenvalue weighted by Crippen LogP contribution is -2.18. The summed E-state index contributed by atoms with van der Waals surface area (Å²) < 4.78 is 46.4. The Morgan fingerprint density at radius 3 is 2.42 bits per heavy atom. The third-order valence-corrected chi connectivity index (χ3v) is 3.00. The summed E-state index contributed by atoms with van der Waals surface area (Å²) >= 11 is 0. The van der Waals surface area contributed by atoms with Crippen molar-refractivity contribution in [2.24, 2.45) is 0 Å². The Morgan fingerprint density at radius 1 is 1.04 bits per heavy atom. The summed E-state index contributed by atoms with van der Waals surface area (Å²) in [6.07, 6.45) is -4.14. The van der Waals surface area contributed by atoms with Gasteiger partial charge in [0.2, 0.25) is 0 Å². The molecule has 2 aromatic rings. The fraction of sp³-hybridized carbons (Fsp3) is 0.235. The molecule has 7 heteroatoms. The number of hydrogen-bond donors (Lipinski definition) is 1. The van der Waals surface area contributed by atoms with Crippen molar-refractivity contribution in [1.29, 1.82) is 5.26 Å². The van der Waals surface area contributed by atoms with E-state index in [-0.39, 0.29) is 11.4 Å². The number of ether oxygens (including phenoxy) is 2. The highest BCUT2D eigenvalue weighted by molar-refractivity contribution is 5.56. The molecule has 0 heterocycles. The van der Waals surface area contributed by atoms with Crippen LogP contribution in [0.2, 0.25) is 0 Å². The normalized spacial score (nSPS) is 10.8. The molecule has 24 heavy (non-hydrogen) atoms. The molecule has 0 unspecified atom stereocenters. The Bertz CT molecular complexity index is 694. The first-order valence-electron chi connectivity index (χ1n) is 7.19. The summed E-state index contributed by atoms with van der Waals surface area (Å²) in [5, 5.41) is 11.6. The molecule has 0 amide bonds. The van der Waals surface area contributed by atoms with Crippen molar-refractivity contribution in [3.63, 3.8) is 0 Å². The second-order valence-electron chi connectivity index (χ2n) is 4.81. The molecule has 0 aromatic heterocycles. The summed E-state index contributed by atoms with van der Waals surface area (Å²) in [4.78, 5) is 0. The fourth-order valence-electron chi connectivity index (χ4n) is 1.94. The van der Waals surface area contributed by atoms with Gasteiger partial charge in [0.25, 0.3) is 0 Å². The summed E-state index contributed by atoms with van der Waals surface area (Å²) in [5.41, 5.74) is 0.818. The van der Waals surface area contributed by atoms with Gasteiger partial charge in [0, 0.05) is 6.54 Å². The van der Waals surface area contributed by atoms with Gasteiger partial charge in [0.05, 0.1) is 23.9 Å². The van der Waals surface area contributed by atoms with E-state index in [1.165, 1.54) is 18.2 Å². The first kappa shape index (κ1) is 17.5. The number of nitrogens with one attached hydrogen (secondary N) is 1. The average Bonchev–Trinajstić information content (AvgIpc) is 2.55. The third-order valence-electron chi connectivity index (χ3n) is 3.00. The van der Waals surface area contributed by atoms with Crippen LogP contribution < -0.4 is 14.8 Å². The highest BCUT2D eigenvalue weighted by atomic mass is 19.4. The standard InChI is InChI=1S/C17H15F3N2O2/c18-17(19,20)24-16-5-2-1-4-15(16)22-10-3-11-23-14-8-6-13(12-21)7-9-14/h1-2,4-9,22H,3,10-11H2. The highest BCUT2D eigenvalue weighted by Gasteiger charge is 2.31. The Hall–Kier alpha value is -2.88. The number of rotatable bonds is 7. The van der Waals surface area contributed by atoms with Crippen LogP contribution in [0.5, 0.6) is 11.5 Å². The van der Waals surface area contributed by atoms with E-state index < -0.39 is 6.36 Å². The van der Waals surface area contributed by atoms with Crippen LogP contribution in [0.25, 0.3) is 0 Å². The third kappa shape index (κ3) is 5.72. The van der Waals surface area contributed by atoms with Crippen LogP contribution in [0, 0.1) is 11.3 Å². The largest absolute Gasteiger partial charge is 0.573 e. The molecule has 0 aliphatic carbocycles. The van der Waals surface area contributed by atoms with Crippen LogP contribution in [0.3, 0.4) is 0 Å². The van der Waals surface area contributed by atoms with Crippen LogP contribution in [-0.4, -0.2) is 19.5 Å². The molecule has 0 spiro atoms. The minimum absolute atomic E-state index is 0.266. The van der Waals surface area contributed by atoms with Gasteiger partial charge in [-0.2, -0.15) is 5.26 Å². The lowest BCUT2D eigenvalue weighted by atomic mass is 10.2. The maximum absolute atomic E-state index is 12.3. The number of nitrogens with zero attached hydrogens (tertiary/aromatic N) is 1. The molecule has 0 saturated heterocycles. The maximum atomic E-state index is 12.3. The van der Waals surface area contributed by atoms with Crippen LogP contribution >= 0.6 is 0 Å². The summed E-state index contributed by atoms with van der Waals surface area (Å²) in [6, 6.07) is 14.6. The molecule has 0 saturated carbocycles. The van der Waals surface area contributed by atoms with Crippen LogP contribution in [0.1, 0.15) is 12.0 Å². The molecule has 0 bridgehead atoms. The second kappa shape index (κ2) is 8.11. The SMILES string of the molecule is N#Cc1ccc(OCCCNc2ccccc2OC(F)(F)F)cc1. The molecule has 0 aliphatic heterocycles. The predicted octanol–water partition coefficient (Wildman–Crippen LogP) is 4.34. The summed E-state index contributed by atoms with van der Waals surface area (Å²) in [6.45, 7) is 0.815. The summed E-state index contributed by atoms with van der Waals surface area (Å²) in [5.74, 6) is 0.368. The molecule has 2 rings (SSSR count). The van der Waals surface area contributed by atoms with Crippen LogP contribution in [-0.2, 0) is 0 Å². The molecule has 0 aliphatic rings. The van der Waals surface area contributed by atoms with Crippen molar-refractivity contribution < 1.29 is 22.6 Å². The minimum atomic E-state index is -4.73. The van der Waals surface area contributed by atoms with E-state index in [0.29, 0.717) is 30.9 Å². The molecular weight excluding hydrogens is 321 g/mol. The zero-order valence-electron chi connectivity index (χ0n) is 12.6. The molecular formula is C17H15F3N2O2. The topological polar surface area (TPSA) is 54.3 Å². The quantitative estimate of drug-likeness (QED) is 0.764. The Labute approximate surface area is 137 Å². The van der Waals surface area contributed by atoms with E-state index in [9.17, 15) is 13.2 Å². The van der Waals surface area contributed by atoms with E-state index in [1.807, 2.05) is 6.07 Å². The molecule has 0 fully saturated rings. The Morgan fingerprint density at radius 2 is 1.75 bits per heavy atom. The van der Waals surface area contributed by atoms with E-state index >= 15 is 0 Å². The zero-order valence-corrected chi connectivity index (χ0v) is 12.6. The van der Waals surface area contributed by atoms with Crippen molar-refractivity contribution >= 4 is 5.69 Å². The molecule has 4 nitrogen and oxygen atoms in total. The van der Waals surface area contributed by atoms with Gasteiger partial charge in [0.15, 0.2) is 5.75 Å². The maximum Gasteiger partial charge on any atom is 0.573 e. The lowest BCUT2D eigenvalue weighted by molar-refractivity contribution is -0.274. The number of para-hydroxylation sites is 2. The minimum Gasteiger partial charge on any atom is -0.494 e. The van der Waals surface area contributed by atoms with Crippen molar-refractivity contribution in [3.05, 3.63) is 54.1 Å². The van der Waals surface area contributed by atoms with Gasteiger partial charge in [0.1, 0.15) is 5.75 Å². The Balaban J connectivity index is 1.77. The second-order valence-corrected chi connectivity index (χ2v) is 4.81. The van der Waals surface area contributed by atoms with E-state index in [4.69, 9.17) is 10.00 Å². The fourth-order valence-corrected chi connectivity index (χ4v) is 1.94. The van der Waals surface area contributed by atoms with E-state index in [1.54, 1.807) is 30.3 Å². The number of anilines is 1. The van der Waals surface area contributed by atoms with Gasteiger partial charge in [-0.05, 0) is 42.8 Å². The molecule has 0 atom stereocenters. The van der Waals surface area contributed by atoms with E-state index in [0.717, 1.165) is 0 Å². The van der Waals surface area contributed by atoms with Crippen LogP contribution in [0.15, 0.2) is 48.5 Å². The van der Waals surface area contributed by atoms with Crippen molar-refractivity contribution in [1.82, 2.24) is 0 Å². The van der Waals surface area contributed by atoms with Gasteiger partial charge in [-0.3, -0.25) is 0 Å². The van der Waals surface area contributed by atoms with Crippen molar-refractivity contribution in [2.75, 3.05) is 18.5 Å². The molecule has 1 N–H and O–H groups in total. The monoisotopic (exact) mass is 336 g/mol.